The third kappa shape index (κ3) is 3.39. The van der Waals surface area contributed by atoms with Gasteiger partial charge >= 0.3 is 5.97 Å². The van der Waals surface area contributed by atoms with Gasteiger partial charge in [0, 0.05) is 10.2 Å². The molecule has 0 fully saturated rings. The van der Waals surface area contributed by atoms with Gasteiger partial charge in [-0.1, -0.05) is 34.1 Å². The number of benzene rings is 1. The summed E-state index contributed by atoms with van der Waals surface area (Å²) < 4.78 is 5.49. The van der Waals surface area contributed by atoms with Gasteiger partial charge in [0.1, 0.15) is 0 Å². The zero-order chi connectivity index (χ0) is 11.3. The van der Waals surface area contributed by atoms with Crippen LogP contribution < -0.4 is 0 Å². The van der Waals surface area contributed by atoms with Crippen LogP contribution in [0.2, 0.25) is 0 Å². The van der Waals surface area contributed by atoms with Crippen LogP contribution in [0.1, 0.15) is 15.9 Å². The van der Waals surface area contributed by atoms with Gasteiger partial charge in [0.25, 0.3) is 0 Å². The second kappa shape index (κ2) is 5.98. The van der Waals surface area contributed by atoms with E-state index in [0.29, 0.717) is 11.3 Å². The van der Waals surface area contributed by atoms with E-state index in [4.69, 9.17) is 0 Å². The molecule has 0 spiro atoms. The normalized spacial score (nSPS) is 10.6. The molecule has 0 aliphatic heterocycles. The van der Waals surface area contributed by atoms with Crippen LogP contribution in [0, 0.1) is 0 Å². The number of carbonyl (C=O) groups is 1. The Balaban J connectivity index is 2.98. The van der Waals surface area contributed by atoms with E-state index in [1.165, 1.54) is 7.11 Å². The van der Waals surface area contributed by atoms with Gasteiger partial charge in [0.05, 0.1) is 12.7 Å². The Morgan fingerprint density at radius 1 is 1.60 bits per heavy atom. The van der Waals surface area contributed by atoms with Crippen LogP contribution in [0.15, 0.2) is 28.7 Å². The monoisotopic (exact) mass is 286 g/mol. The molecule has 2 nitrogen and oxygen atoms in total. The van der Waals surface area contributed by atoms with Crippen molar-refractivity contribution in [2.45, 2.75) is 0 Å². The summed E-state index contributed by atoms with van der Waals surface area (Å²) in [5.41, 5.74) is 1.55. The van der Waals surface area contributed by atoms with Crippen molar-refractivity contribution in [2.75, 3.05) is 12.9 Å². The lowest BCUT2D eigenvalue weighted by atomic mass is 10.1. The third-order valence-electron chi connectivity index (χ3n) is 1.82. The highest BCUT2D eigenvalue weighted by Gasteiger charge is 2.06. The second-order valence-electron chi connectivity index (χ2n) is 2.81. The summed E-state index contributed by atoms with van der Waals surface area (Å²) in [6.07, 6.45) is 3.87. The van der Waals surface area contributed by atoms with Crippen LogP contribution in [-0.2, 0) is 4.74 Å². The molecule has 0 saturated heterocycles. The Morgan fingerprint density at radius 2 is 2.33 bits per heavy atom. The Morgan fingerprint density at radius 3 is 2.87 bits per heavy atom. The molecule has 0 radical (unpaired) electrons. The number of hydrogen-bond acceptors (Lipinski definition) is 3. The topological polar surface area (TPSA) is 26.3 Å². The number of rotatable bonds is 3. The van der Waals surface area contributed by atoms with Gasteiger partial charge in [-0.3, -0.25) is 0 Å². The van der Waals surface area contributed by atoms with E-state index in [1.54, 1.807) is 12.1 Å². The molecule has 0 aliphatic rings. The average molecular weight is 287 g/mol. The molecule has 0 amide bonds. The van der Waals surface area contributed by atoms with E-state index in [2.05, 4.69) is 33.3 Å². The zero-order valence-electron chi connectivity index (χ0n) is 8.24. The van der Waals surface area contributed by atoms with E-state index in [9.17, 15) is 4.79 Å². The third-order valence-corrected chi connectivity index (χ3v) is 2.72. The summed E-state index contributed by atoms with van der Waals surface area (Å²) in [6.45, 7) is 0. The van der Waals surface area contributed by atoms with Crippen LogP contribution in [-0.4, -0.2) is 18.8 Å². The molecule has 1 aromatic carbocycles. The molecule has 0 N–H and O–H groups in total. The predicted octanol–water partition coefficient (Wildman–Crippen LogP) is 3.18. The molecule has 1 aromatic rings. The van der Waals surface area contributed by atoms with E-state index in [-0.39, 0.29) is 5.97 Å². The molecular formula is C11H11BrO2S. The fourth-order valence-electron chi connectivity index (χ4n) is 1.09. The highest BCUT2D eigenvalue weighted by molar-refractivity contribution is 9.10. The number of halogens is 1. The first-order valence-corrected chi connectivity index (χ1v) is 5.77. The Bertz CT molecular complexity index is 388. The van der Waals surface area contributed by atoms with Gasteiger partial charge in [-0.25, -0.2) is 4.79 Å². The molecule has 0 heterocycles. The van der Waals surface area contributed by atoms with Crippen LogP contribution >= 0.6 is 28.6 Å². The number of hydrogen-bond donors (Lipinski definition) is 1. The number of esters is 1. The smallest absolute Gasteiger partial charge is 0.337 e. The van der Waals surface area contributed by atoms with E-state index >= 15 is 0 Å². The van der Waals surface area contributed by atoms with E-state index in [0.717, 1.165) is 10.0 Å². The van der Waals surface area contributed by atoms with Crippen molar-refractivity contribution in [1.82, 2.24) is 0 Å². The first-order valence-electron chi connectivity index (χ1n) is 4.34. The molecule has 80 valence electrons. The molecule has 0 aliphatic carbocycles. The van der Waals surface area contributed by atoms with Crippen molar-refractivity contribution < 1.29 is 9.53 Å². The summed E-state index contributed by atoms with van der Waals surface area (Å²) in [7, 11) is 1.37. The maximum absolute atomic E-state index is 11.2. The zero-order valence-corrected chi connectivity index (χ0v) is 10.7. The van der Waals surface area contributed by atoms with Gasteiger partial charge < -0.3 is 4.74 Å². The average Bonchev–Trinajstić information content (AvgIpc) is 2.26. The van der Waals surface area contributed by atoms with Crippen molar-refractivity contribution in [3.63, 3.8) is 0 Å². The van der Waals surface area contributed by atoms with Crippen LogP contribution in [0.25, 0.3) is 6.08 Å². The van der Waals surface area contributed by atoms with E-state index < -0.39 is 0 Å². The van der Waals surface area contributed by atoms with Gasteiger partial charge in [-0.15, -0.1) is 0 Å². The Kier molecular flexibility index (Phi) is 4.91. The van der Waals surface area contributed by atoms with Crippen molar-refractivity contribution in [2.24, 2.45) is 0 Å². The van der Waals surface area contributed by atoms with Gasteiger partial charge in [0.15, 0.2) is 0 Å². The first-order chi connectivity index (χ1) is 7.19. The summed E-state index contributed by atoms with van der Waals surface area (Å²) in [5.74, 6) is 0.353. The Hall–Kier alpha value is -0.740. The van der Waals surface area contributed by atoms with Crippen molar-refractivity contribution in [1.29, 1.82) is 0 Å². The van der Waals surface area contributed by atoms with Crippen LogP contribution in [0.3, 0.4) is 0 Å². The number of methoxy groups -OCH3 is 1. The quantitative estimate of drug-likeness (QED) is 0.682. The second-order valence-corrected chi connectivity index (χ2v) is 4.03. The SMILES string of the molecule is COC(=O)c1ccc(C=CCS)c(Br)c1. The molecule has 1 rings (SSSR count). The molecule has 0 saturated carbocycles. The number of ether oxygens (including phenoxy) is 1. The maximum atomic E-state index is 11.2. The fraction of sp³-hybridized carbons (Fsp3) is 0.182. The standard InChI is InChI=1S/C11H11BrO2S/c1-14-11(13)9-5-4-8(3-2-6-15)10(12)7-9/h2-5,7,15H,6H2,1H3. The lowest BCUT2D eigenvalue weighted by Crippen LogP contribution is -2.00. The summed E-state index contributed by atoms with van der Waals surface area (Å²) in [6, 6.07) is 5.33. The predicted molar refractivity (Wildman–Crippen MR) is 68.4 cm³/mol. The van der Waals surface area contributed by atoms with Gasteiger partial charge in [0.2, 0.25) is 0 Å². The molecule has 0 atom stereocenters. The van der Waals surface area contributed by atoms with Crippen molar-refractivity contribution in [3.05, 3.63) is 39.9 Å². The highest BCUT2D eigenvalue weighted by Crippen LogP contribution is 2.20. The minimum absolute atomic E-state index is 0.333. The Labute approximate surface area is 103 Å². The van der Waals surface area contributed by atoms with Crippen molar-refractivity contribution in [3.8, 4) is 0 Å². The fourth-order valence-corrected chi connectivity index (χ4v) is 1.70. The van der Waals surface area contributed by atoms with E-state index in [1.807, 2.05) is 18.2 Å². The lowest BCUT2D eigenvalue weighted by molar-refractivity contribution is 0.0600. The van der Waals surface area contributed by atoms with Gasteiger partial charge in [-0.2, -0.15) is 12.6 Å². The van der Waals surface area contributed by atoms with Crippen molar-refractivity contribution >= 4 is 40.6 Å². The molecule has 15 heavy (non-hydrogen) atoms. The molecular weight excluding hydrogens is 276 g/mol. The molecule has 0 bridgehead atoms. The minimum Gasteiger partial charge on any atom is -0.465 e. The first kappa shape index (κ1) is 12.3. The summed E-state index contributed by atoms with van der Waals surface area (Å²) in [4.78, 5) is 11.2. The van der Waals surface area contributed by atoms with Crippen LogP contribution in [0.4, 0.5) is 0 Å². The largest absolute Gasteiger partial charge is 0.465 e. The number of carbonyl (C=O) groups excluding carboxylic acids is 1. The minimum atomic E-state index is -0.333. The lowest BCUT2D eigenvalue weighted by Gasteiger charge is -2.02. The summed E-state index contributed by atoms with van der Waals surface area (Å²) >= 11 is 7.47. The molecule has 4 heteroatoms. The molecule has 0 aromatic heterocycles. The molecule has 0 unspecified atom stereocenters. The summed E-state index contributed by atoms with van der Waals surface area (Å²) in [5, 5.41) is 0. The van der Waals surface area contributed by atoms with Gasteiger partial charge in [-0.05, 0) is 17.7 Å². The van der Waals surface area contributed by atoms with Crippen LogP contribution in [0.5, 0.6) is 0 Å². The highest BCUT2D eigenvalue weighted by atomic mass is 79.9. The number of thiol groups is 1. The maximum Gasteiger partial charge on any atom is 0.337 e.